The lowest BCUT2D eigenvalue weighted by Crippen LogP contribution is -2.42. The van der Waals surface area contributed by atoms with E-state index in [4.69, 9.17) is 0 Å². The van der Waals surface area contributed by atoms with E-state index in [1.165, 1.54) is 31.4 Å². The standard InChI is InChI=1S/C16H30N4S/c1-4-8-17-14(15-7-5-6-9-21-15)10-16-18-12-19-20(16)11-13(2)3/h12-15,17H,4-11H2,1-3H3. The number of rotatable bonds is 8. The first-order valence-corrected chi connectivity index (χ1v) is 9.47. The second-order valence-corrected chi connectivity index (χ2v) is 7.77. The fraction of sp³-hybridized carbons (Fsp3) is 0.875. The fourth-order valence-electron chi connectivity index (χ4n) is 2.89. The van der Waals surface area contributed by atoms with Gasteiger partial charge in [-0.2, -0.15) is 16.9 Å². The van der Waals surface area contributed by atoms with Gasteiger partial charge >= 0.3 is 0 Å². The summed E-state index contributed by atoms with van der Waals surface area (Å²) in [7, 11) is 0. The third-order valence-electron chi connectivity index (χ3n) is 3.96. The maximum absolute atomic E-state index is 4.51. The molecule has 1 aliphatic heterocycles. The quantitative estimate of drug-likeness (QED) is 0.801. The van der Waals surface area contributed by atoms with Crippen molar-refractivity contribution in [3.05, 3.63) is 12.2 Å². The lowest BCUT2D eigenvalue weighted by Gasteiger charge is -2.30. The highest BCUT2D eigenvalue weighted by Gasteiger charge is 2.25. The minimum absolute atomic E-state index is 0.533. The summed E-state index contributed by atoms with van der Waals surface area (Å²) < 4.78 is 2.10. The molecule has 1 aromatic rings. The van der Waals surface area contributed by atoms with Gasteiger partial charge in [-0.15, -0.1) is 0 Å². The molecule has 1 fully saturated rings. The van der Waals surface area contributed by atoms with Gasteiger partial charge in [0.2, 0.25) is 0 Å². The molecule has 1 aromatic heterocycles. The average Bonchev–Trinajstić information content (AvgIpc) is 2.90. The van der Waals surface area contributed by atoms with E-state index in [1.54, 1.807) is 6.33 Å². The van der Waals surface area contributed by atoms with Gasteiger partial charge in [0.1, 0.15) is 12.2 Å². The van der Waals surface area contributed by atoms with Gasteiger partial charge in [-0.1, -0.05) is 27.2 Å². The van der Waals surface area contributed by atoms with Crippen LogP contribution in [0.4, 0.5) is 0 Å². The van der Waals surface area contributed by atoms with Crippen molar-refractivity contribution in [2.75, 3.05) is 12.3 Å². The van der Waals surface area contributed by atoms with Crippen molar-refractivity contribution < 1.29 is 0 Å². The van der Waals surface area contributed by atoms with E-state index >= 15 is 0 Å². The lowest BCUT2D eigenvalue weighted by molar-refractivity contribution is 0.422. The molecule has 0 amide bonds. The molecule has 0 aliphatic carbocycles. The van der Waals surface area contributed by atoms with E-state index in [9.17, 15) is 0 Å². The lowest BCUT2D eigenvalue weighted by atomic mass is 10.0. The van der Waals surface area contributed by atoms with Gasteiger partial charge in [-0.3, -0.25) is 0 Å². The average molecular weight is 311 g/mol. The maximum atomic E-state index is 4.51. The highest BCUT2D eigenvalue weighted by molar-refractivity contribution is 8.00. The zero-order chi connectivity index (χ0) is 15.1. The van der Waals surface area contributed by atoms with Crippen molar-refractivity contribution in [1.82, 2.24) is 20.1 Å². The van der Waals surface area contributed by atoms with Crippen LogP contribution in [-0.4, -0.2) is 38.4 Å². The van der Waals surface area contributed by atoms with Crippen LogP contribution in [0.5, 0.6) is 0 Å². The van der Waals surface area contributed by atoms with Crippen LogP contribution in [0.25, 0.3) is 0 Å². The first kappa shape index (κ1) is 16.8. The molecule has 0 spiro atoms. The number of aromatic nitrogens is 3. The Labute approximate surface area is 133 Å². The molecule has 0 aromatic carbocycles. The zero-order valence-electron chi connectivity index (χ0n) is 13.7. The van der Waals surface area contributed by atoms with Crippen molar-refractivity contribution in [2.24, 2.45) is 5.92 Å². The highest BCUT2D eigenvalue weighted by atomic mass is 32.2. The monoisotopic (exact) mass is 310 g/mol. The van der Waals surface area contributed by atoms with Crippen LogP contribution in [-0.2, 0) is 13.0 Å². The number of nitrogens with zero attached hydrogens (tertiary/aromatic N) is 3. The molecule has 21 heavy (non-hydrogen) atoms. The first-order chi connectivity index (χ1) is 10.2. The van der Waals surface area contributed by atoms with E-state index in [2.05, 4.69) is 52.6 Å². The maximum Gasteiger partial charge on any atom is 0.138 e. The Morgan fingerprint density at radius 3 is 2.95 bits per heavy atom. The number of thioether (sulfide) groups is 1. The molecule has 2 heterocycles. The Bertz CT molecular complexity index is 399. The Morgan fingerprint density at radius 2 is 2.29 bits per heavy atom. The molecule has 120 valence electrons. The van der Waals surface area contributed by atoms with E-state index in [0.717, 1.165) is 30.6 Å². The predicted molar refractivity (Wildman–Crippen MR) is 90.7 cm³/mol. The largest absolute Gasteiger partial charge is 0.312 e. The van der Waals surface area contributed by atoms with E-state index in [0.29, 0.717) is 12.0 Å². The summed E-state index contributed by atoms with van der Waals surface area (Å²) in [4.78, 5) is 4.51. The third-order valence-corrected chi connectivity index (χ3v) is 5.47. The first-order valence-electron chi connectivity index (χ1n) is 8.42. The molecular formula is C16H30N4S. The summed E-state index contributed by atoms with van der Waals surface area (Å²) in [6.07, 6.45) is 8.00. The molecule has 2 atom stereocenters. The highest BCUT2D eigenvalue weighted by Crippen LogP contribution is 2.28. The molecule has 4 nitrogen and oxygen atoms in total. The van der Waals surface area contributed by atoms with Crippen molar-refractivity contribution in [2.45, 2.75) is 70.7 Å². The third kappa shape index (κ3) is 5.29. The van der Waals surface area contributed by atoms with Crippen LogP contribution in [0.3, 0.4) is 0 Å². The van der Waals surface area contributed by atoms with Gasteiger partial charge in [0, 0.05) is 24.3 Å². The number of nitrogens with one attached hydrogen (secondary N) is 1. The molecule has 2 rings (SSSR count). The Balaban J connectivity index is 2.01. The Morgan fingerprint density at radius 1 is 1.43 bits per heavy atom. The summed E-state index contributed by atoms with van der Waals surface area (Å²) in [5.41, 5.74) is 0. The molecule has 5 heteroatoms. The van der Waals surface area contributed by atoms with Gasteiger partial charge in [-0.05, 0) is 37.5 Å². The fourth-order valence-corrected chi connectivity index (χ4v) is 4.32. The summed E-state index contributed by atoms with van der Waals surface area (Å²) in [6, 6.07) is 0.533. The number of hydrogen-bond acceptors (Lipinski definition) is 4. The molecule has 0 bridgehead atoms. The smallest absolute Gasteiger partial charge is 0.138 e. The molecule has 1 aliphatic rings. The topological polar surface area (TPSA) is 42.7 Å². The summed E-state index contributed by atoms with van der Waals surface area (Å²) in [6.45, 7) is 8.76. The molecule has 1 saturated heterocycles. The second kappa shape index (κ2) is 8.79. The molecule has 2 unspecified atom stereocenters. The van der Waals surface area contributed by atoms with Crippen LogP contribution in [0.15, 0.2) is 6.33 Å². The van der Waals surface area contributed by atoms with Crippen molar-refractivity contribution in [3.63, 3.8) is 0 Å². The van der Waals surface area contributed by atoms with Crippen LogP contribution in [0.1, 0.15) is 52.3 Å². The summed E-state index contributed by atoms with van der Waals surface area (Å²) in [5.74, 6) is 3.06. The van der Waals surface area contributed by atoms with Gasteiger partial charge in [0.05, 0.1) is 0 Å². The van der Waals surface area contributed by atoms with Gasteiger partial charge in [0.15, 0.2) is 0 Å². The zero-order valence-corrected chi connectivity index (χ0v) is 14.5. The van der Waals surface area contributed by atoms with Gasteiger partial charge in [0.25, 0.3) is 0 Å². The normalized spacial score (nSPS) is 20.9. The van der Waals surface area contributed by atoms with Crippen LogP contribution in [0, 0.1) is 5.92 Å². The Hall–Kier alpha value is -0.550. The predicted octanol–water partition coefficient (Wildman–Crippen LogP) is 3.13. The van der Waals surface area contributed by atoms with Gasteiger partial charge in [-0.25, -0.2) is 9.67 Å². The Kier molecular flexibility index (Phi) is 7.04. The summed E-state index contributed by atoms with van der Waals surface area (Å²) >= 11 is 2.14. The van der Waals surface area contributed by atoms with Crippen LogP contribution >= 0.6 is 11.8 Å². The molecule has 0 saturated carbocycles. The SMILES string of the molecule is CCCNC(Cc1ncnn1CC(C)C)C1CCCCS1. The summed E-state index contributed by atoms with van der Waals surface area (Å²) in [5, 5.41) is 8.89. The second-order valence-electron chi connectivity index (χ2n) is 6.42. The minimum atomic E-state index is 0.533. The minimum Gasteiger partial charge on any atom is -0.312 e. The van der Waals surface area contributed by atoms with E-state index in [-0.39, 0.29) is 0 Å². The molecular weight excluding hydrogens is 280 g/mol. The molecule has 0 radical (unpaired) electrons. The van der Waals surface area contributed by atoms with Crippen molar-refractivity contribution >= 4 is 11.8 Å². The van der Waals surface area contributed by atoms with Crippen LogP contribution < -0.4 is 5.32 Å². The van der Waals surface area contributed by atoms with Crippen molar-refractivity contribution in [3.8, 4) is 0 Å². The van der Waals surface area contributed by atoms with E-state index in [1.807, 2.05) is 0 Å². The van der Waals surface area contributed by atoms with Crippen molar-refractivity contribution in [1.29, 1.82) is 0 Å². The van der Waals surface area contributed by atoms with Gasteiger partial charge < -0.3 is 5.32 Å². The van der Waals surface area contributed by atoms with E-state index < -0.39 is 0 Å². The number of hydrogen-bond donors (Lipinski definition) is 1. The molecule has 1 N–H and O–H groups in total. The van der Waals surface area contributed by atoms with Crippen LogP contribution in [0.2, 0.25) is 0 Å².